The molecule has 1 aliphatic rings. The summed E-state index contributed by atoms with van der Waals surface area (Å²) in [6.07, 6.45) is 0. The zero-order valence-electron chi connectivity index (χ0n) is 15.0. The minimum absolute atomic E-state index is 0.0744. The summed E-state index contributed by atoms with van der Waals surface area (Å²) in [4.78, 5) is 29.5. The Hall–Kier alpha value is -2.93. The van der Waals surface area contributed by atoms with Crippen LogP contribution in [0.4, 0.5) is 17.1 Å². The normalized spacial score (nSPS) is 14.9. The predicted octanol–water partition coefficient (Wildman–Crippen LogP) is 2.62. The molecular weight excluding hydrogens is 332 g/mol. The molecule has 26 heavy (non-hydrogen) atoms. The lowest BCUT2D eigenvalue weighted by atomic mass is 10.1. The molecule has 0 aromatic heterocycles. The van der Waals surface area contributed by atoms with Crippen LogP contribution in [0.5, 0.6) is 0 Å². The Morgan fingerprint density at radius 1 is 1.08 bits per heavy atom. The van der Waals surface area contributed by atoms with Gasteiger partial charge in [-0.05, 0) is 31.3 Å². The third-order valence-corrected chi connectivity index (χ3v) is 4.71. The quantitative estimate of drug-likeness (QED) is 0.624. The predicted molar refractivity (Wildman–Crippen MR) is 102 cm³/mol. The minimum atomic E-state index is -0.447. The van der Waals surface area contributed by atoms with E-state index >= 15 is 0 Å². The highest BCUT2D eigenvalue weighted by molar-refractivity contribution is 6.07. The summed E-state index contributed by atoms with van der Waals surface area (Å²) in [7, 11) is 3.65. The molecule has 0 atom stereocenters. The number of nitro groups is 1. The monoisotopic (exact) mass is 354 g/mol. The molecule has 1 fully saturated rings. The molecule has 0 saturated carbocycles. The molecule has 2 aromatic rings. The summed E-state index contributed by atoms with van der Waals surface area (Å²) in [5.74, 6) is -0.274. The Kier molecular flexibility index (Phi) is 5.18. The summed E-state index contributed by atoms with van der Waals surface area (Å²) in [5.41, 5.74) is 1.62. The van der Waals surface area contributed by atoms with Crippen molar-refractivity contribution in [3.05, 3.63) is 64.2 Å². The Morgan fingerprint density at radius 2 is 1.73 bits per heavy atom. The van der Waals surface area contributed by atoms with Gasteiger partial charge < -0.3 is 14.7 Å². The van der Waals surface area contributed by atoms with Crippen molar-refractivity contribution >= 4 is 23.0 Å². The molecule has 1 aliphatic heterocycles. The van der Waals surface area contributed by atoms with Gasteiger partial charge in [-0.3, -0.25) is 14.9 Å². The SMILES string of the molecule is CN1CCN(c2ccc([N+](=O)[O-])c(N(C)C(=O)c3ccccc3)c2)CC1. The second kappa shape index (κ2) is 7.53. The third kappa shape index (κ3) is 3.67. The minimum Gasteiger partial charge on any atom is -0.369 e. The van der Waals surface area contributed by atoms with Gasteiger partial charge in [0, 0.05) is 50.5 Å². The van der Waals surface area contributed by atoms with Crippen LogP contribution in [-0.4, -0.2) is 56.0 Å². The van der Waals surface area contributed by atoms with Crippen LogP contribution < -0.4 is 9.80 Å². The van der Waals surface area contributed by atoms with Crippen LogP contribution in [0.15, 0.2) is 48.5 Å². The van der Waals surface area contributed by atoms with Crippen molar-refractivity contribution in [2.45, 2.75) is 0 Å². The highest BCUT2D eigenvalue weighted by Gasteiger charge is 2.24. The van der Waals surface area contributed by atoms with Gasteiger partial charge in [-0.15, -0.1) is 0 Å². The fourth-order valence-corrected chi connectivity index (χ4v) is 3.08. The van der Waals surface area contributed by atoms with E-state index in [1.54, 1.807) is 43.4 Å². The van der Waals surface area contributed by atoms with E-state index in [2.05, 4.69) is 16.8 Å². The van der Waals surface area contributed by atoms with Crippen molar-refractivity contribution in [2.75, 3.05) is 50.1 Å². The second-order valence-corrected chi connectivity index (χ2v) is 6.45. The molecule has 136 valence electrons. The van der Waals surface area contributed by atoms with Gasteiger partial charge in [0.1, 0.15) is 5.69 Å². The van der Waals surface area contributed by atoms with E-state index in [0.717, 1.165) is 31.9 Å². The summed E-state index contributed by atoms with van der Waals surface area (Å²) in [6, 6.07) is 13.8. The lowest BCUT2D eigenvalue weighted by Crippen LogP contribution is -2.44. The van der Waals surface area contributed by atoms with E-state index in [1.165, 1.54) is 11.0 Å². The van der Waals surface area contributed by atoms with Gasteiger partial charge in [0.15, 0.2) is 0 Å². The largest absolute Gasteiger partial charge is 0.369 e. The van der Waals surface area contributed by atoms with Crippen molar-refractivity contribution in [2.24, 2.45) is 0 Å². The van der Waals surface area contributed by atoms with Crippen LogP contribution >= 0.6 is 0 Å². The number of carbonyl (C=O) groups is 1. The maximum absolute atomic E-state index is 12.7. The van der Waals surface area contributed by atoms with Crippen LogP contribution in [-0.2, 0) is 0 Å². The van der Waals surface area contributed by atoms with Crippen LogP contribution in [0.1, 0.15) is 10.4 Å². The Labute approximate surface area is 152 Å². The van der Waals surface area contributed by atoms with Crippen LogP contribution in [0.25, 0.3) is 0 Å². The molecule has 7 nitrogen and oxygen atoms in total. The maximum Gasteiger partial charge on any atom is 0.293 e. The van der Waals surface area contributed by atoms with E-state index in [9.17, 15) is 14.9 Å². The first-order chi connectivity index (χ1) is 12.5. The molecule has 0 spiro atoms. The summed E-state index contributed by atoms with van der Waals surface area (Å²) < 4.78 is 0. The van der Waals surface area contributed by atoms with E-state index in [-0.39, 0.29) is 11.6 Å². The smallest absolute Gasteiger partial charge is 0.293 e. The molecule has 2 aromatic carbocycles. The van der Waals surface area contributed by atoms with Crippen LogP contribution in [0.2, 0.25) is 0 Å². The Bertz CT molecular complexity index is 802. The maximum atomic E-state index is 12.7. The van der Waals surface area contributed by atoms with Crippen molar-refractivity contribution in [3.8, 4) is 0 Å². The van der Waals surface area contributed by atoms with E-state index in [1.807, 2.05) is 6.07 Å². The molecule has 1 saturated heterocycles. The molecule has 1 heterocycles. The summed E-state index contributed by atoms with van der Waals surface area (Å²) in [5, 5.41) is 11.5. The fraction of sp³-hybridized carbons (Fsp3) is 0.316. The van der Waals surface area contributed by atoms with Crippen LogP contribution in [0, 0.1) is 10.1 Å². The zero-order chi connectivity index (χ0) is 18.7. The first kappa shape index (κ1) is 17.9. The number of piperazine rings is 1. The molecule has 3 rings (SSSR count). The van der Waals surface area contributed by atoms with E-state index in [4.69, 9.17) is 0 Å². The number of benzene rings is 2. The van der Waals surface area contributed by atoms with Crippen molar-refractivity contribution in [1.29, 1.82) is 0 Å². The number of rotatable bonds is 4. The topological polar surface area (TPSA) is 69.9 Å². The lowest BCUT2D eigenvalue weighted by molar-refractivity contribution is -0.384. The first-order valence-corrected chi connectivity index (χ1v) is 8.52. The van der Waals surface area contributed by atoms with Crippen LogP contribution in [0.3, 0.4) is 0 Å². The molecule has 0 N–H and O–H groups in total. The third-order valence-electron chi connectivity index (χ3n) is 4.71. The molecule has 0 unspecified atom stereocenters. The Morgan fingerprint density at radius 3 is 2.35 bits per heavy atom. The number of anilines is 2. The molecular formula is C19H22N4O3. The second-order valence-electron chi connectivity index (χ2n) is 6.45. The van der Waals surface area contributed by atoms with Crippen molar-refractivity contribution in [3.63, 3.8) is 0 Å². The summed E-state index contributed by atoms with van der Waals surface area (Å²) in [6.45, 7) is 3.57. The van der Waals surface area contributed by atoms with Gasteiger partial charge in [0.25, 0.3) is 11.6 Å². The first-order valence-electron chi connectivity index (χ1n) is 8.52. The van der Waals surface area contributed by atoms with Gasteiger partial charge in [-0.1, -0.05) is 18.2 Å². The van der Waals surface area contributed by atoms with Gasteiger partial charge >= 0.3 is 0 Å². The fourth-order valence-electron chi connectivity index (χ4n) is 3.08. The molecule has 0 bridgehead atoms. The van der Waals surface area contributed by atoms with Gasteiger partial charge in [0.2, 0.25) is 0 Å². The molecule has 0 aliphatic carbocycles. The van der Waals surface area contributed by atoms with Gasteiger partial charge in [-0.2, -0.15) is 0 Å². The van der Waals surface area contributed by atoms with E-state index in [0.29, 0.717) is 11.3 Å². The van der Waals surface area contributed by atoms with Gasteiger partial charge in [-0.25, -0.2) is 0 Å². The molecule has 0 radical (unpaired) electrons. The number of hydrogen-bond donors (Lipinski definition) is 0. The van der Waals surface area contributed by atoms with Gasteiger partial charge in [0.05, 0.1) is 4.92 Å². The average Bonchev–Trinajstić information content (AvgIpc) is 2.67. The summed E-state index contributed by atoms with van der Waals surface area (Å²) >= 11 is 0. The number of nitro benzene ring substituents is 1. The number of nitrogens with zero attached hydrogens (tertiary/aromatic N) is 4. The number of carbonyl (C=O) groups excluding carboxylic acids is 1. The van der Waals surface area contributed by atoms with Crippen molar-refractivity contribution < 1.29 is 9.72 Å². The number of amides is 1. The zero-order valence-corrected chi connectivity index (χ0v) is 15.0. The average molecular weight is 354 g/mol. The molecule has 1 amide bonds. The highest BCUT2D eigenvalue weighted by Crippen LogP contribution is 2.33. The molecule has 7 heteroatoms. The van der Waals surface area contributed by atoms with Crippen molar-refractivity contribution in [1.82, 2.24) is 4.90 Å². The highest BCUT2D eigenvalue weighted by atomic mass is 16.6. The van der Waals surface area contributed by atoms with E-state index < -0.39 is 4.92 Å². The number of hydrogen-bond acceptors (Lipinski definition) is 5. The number of likely N-dealkylation sites (N-methyl/N-ethyl adjacent to an activating group) is 1. The standard InChI is InChI=1S/C19H22N4O3/c1-20-10-12-22(13-11-20)16-8-9-17(23(25)26)18(14-16)21(2)19(24)15-6-4-3-5-7-15/h3-9,14H,10-13H2,1-2H3. The lowest BCUT2D eigenvalue weighted by Gasteiger charge is -2.34. The Balaban J connectivity index is 1.94.